The third kappa shape index (κ3) is 8.82. The molecule has 6 rings (SSSR count). The molecular formula is C38H40BrClN6O4. The Balaban J connectivity index is 1.16. The molecule has 0 unspecified atom stereocenters. The van der Waals surface area contributed by atoms with Crippen LogP contribution in [-0.2, 0) is 26.3 Å². The predicted octanol–water partition coefficient (Wildman–Crippen LogP) is 6.47. The topological polar surface area (TPSA) is 129 Å². The molecule has 0 amide bonds. The second-order valence-electron chi connectivity index (χ2n) is 12.4. The number of nitrogens with one attached hydrogen (secondary N) is 1. The first-order valence-electron chi connectivity index (χ1n) is 16.8. The van der Waals surface area contributed by atoms with Crippen LogP contribution in [0.25, 0.3) is 22.0 Å². The van der Waals surface area contributed by atoms with Gasteiger partial charge in [-0.3, -0.25) is 9.67 Å². The summed E-state index contributed by atoms with van der Waals surface area (Å²) in [5.41, 5.74) is 6.19. The number of likely N-dealkylation sites (tertiary alicyclic amines) is 1. The molecule has 3 N–H and O–H groups in total. The molecule has 5 aromatic rings. The fourth-order valence-electron chi connectivity index (χ4n) is 6.23. The molecule has 3 heterocycles. The third-order valence-electron chi connectivity index (χ3n) is 8.82. The molecule has 1 atom stereocenters. The summed E-state index contributed by atoms with van der Waals surface area (Å²) in [6.07, 6.45) is 7.90. The SMILES string of the molecule is N#Cc1cncc(COc2cc(OCc3cccc(-c4cccc5c4cnn5CCCCN4CC[C@@H](O)C4)c3Br)c(Cl)cc2CNCCO)c1. The monoisotopic (exact) mass is 758 g/mol. The Labute approximate surface area is 305 Å². The zero-order valence-electron chi connectivity index (χ0n) is 27.7. The standard InChI is InChI=1S/C38H40BrClN6O4/c39-38-28(25-50-37-17-36(29(16-34(37)40)21-42-10-14-47)49-24-27-15-26(18-41)19-43-20-27)5-3-7-32(38)31-6-4-8-35-33(31)22-44-46(35)12-2-1-11-45-13-9-30(48)23-45/h3-8,15-17,19-20,22,30,42,47-48H,1-2,9-14,21,23-25H2/t30-/m1/s1. The minimum atomic E-state index is -0.180. The minimum absolute atomic E-state index is 0.00845. The van der Waals surface area contributed by atoms with Gasteiger partial charge in [-0.2, -0.15) is 10.4 Å². The first-order chi connectivity index (χ1) is 24.4. The zero-order chi connectivity index (χ0) is 34.9. The Morgan fingerprint density at radius 3 is 2.62 bits per heavy atom. The molecule has 3 aromatic carbocycles. The smallest absolute Gasteiger partial charge is 0.142 e. The van der Waals surface area contributed by atoms with Gasteiger partial charge in [-0.15, -0.1) is 0 Å². The van der Waals surface area contributed by atoms with Gasteiger partial charge in [-0.1, -0.05) is 41.9 Å². The highest BCUT2D eigenvalue weighted by Gasteiger charge is 2.20. The number of pyridine rings is 1. The van der Waals surface area contributed by atoms with E-state index in [4.69, 9.17) is 26.2 Å². The maximum absolute atomic E-state index is 9.80. The quantitative estimate of drug-likeness (QED) is 0.0970. The summed E-state index contributed by atoms with van der Waals surface area (Å²) in [7, 11) is 0. The van der Waals surface area contributed by atoms with Crippen molar-refractivity contribution in [2.45, 2.75) is 51.7 Å². The highest BCUT2D eigenvalue weighted by atomic mass is 79.9. The summed E-state index contributed by atoms with van der Waals surface area (Å²) in [6.45, 7) is 4.93. The fraction of sp³-hybridized carbons (Fsp3) is 0.342. The predicted molar refractivity (Wildman–Crippen MR) is 197 cm³/mol. The summed E-state index contributed by atoms with van der Waals surface area (Å²) in [5.74, 6) is 1.04. The molecular weight excluding hydrogens is 720 g/mol. The van der Waals surface area contributed by atoms with Gasteiger partial charge in [0.15, 0.2) is 0 Å². The molecule has 10 nitrogen and oxygen atoms in total. The van der Waals surface area contributed by atoms with Gasteiger partial charge in [0.1, 0.15) is 30.8 Å². The summed E-state index contributed by atoms with van der Waals surface area (Å²) >= 11 is 10.6. The van der Waals surface area contributed by atoms with Crippen LogP contribution in [0.4, 0.5) is 0 Å². The molecule has 0 bridgehead atoms. The molecule has 1 aliphatic rings. The van der Waals surface area contributed by atoms with E-state index in [-0.39, 0.29) is 25.9 Å². The van der Waals surface area contributed by atoms with Crippen LogP contribution >= 0.6 is 27.5 Å². The van der Waals surface area contributed by atoms with Crippen LogP contribution in [-0.4, -0.2) is 68.8 Å². The van der Waals surface area contributed by atoms with Crippen LogP contribution in [0, 0.1) is 11.3 Å². The molecule has 0 aliphatic carbocycles. The number of aliphatic hydroxyl groups excluding tert-OH is 2. The van der Waals surface area contributed by atoms with Crippen LogP contribution < -0.4 is 14.8 Å². The minimum Gasteiger partial charge on any atom is -0.488 e. The third-order valence-corrected chi connectivity index (χ3v) is 10.1. The highest BCUT2D eigenvalue weighted by molar-refractivity contribution is 9.10. The lowest BCUT2D eigenvalue weighted by Crippen LogP contribution is -2.23. The number of aromatic nitrogens is 3. The van der Waals surface area contributed by atoms with Gasteiger partial charge in [0.2, 0.25) is 0 Å². The Hall–Kier alpha value is -4.02. The number of nitriles is 1. The molecule has 50 heavy (non-hydrogen) atoms. The molecule has 2 aromatic heterocycles. The summed E-state index contributed by atoms with van der Waals surface area (Å²) in [4.78, 5) is 6.46. The van der Waals surface area contributed by atoms with Gasteiger partial charge in [0, 0.05) is 77.7 Å². The van der Waals surface area contributed by atoms with Crippen LogP contribution in [0.2, 0.25) is 5.02 Å². The molecule has 12 heteroatoms. The number of benzene rings is 3. The molecule has 0 spiro atoms. The van der Waals surface area contributed by atoms with Crippen LogP contribution in [0.3, 0.4) is 0 Å². The zero-order valence-corrected chi connectivity index (χ0v) is 30.0. The average molecular weight is 760 g/mol. The summed E-state index contributed by atoms with van der Waals surface area (Å²) < 4.78 is 15.5. The largest absolute Gasteiger partial charge is 0.488 e. The first kappa shape index (κ1) is 35.8. The van der Waals surface area contributed by atoms with E-state index >= 15 is 0 Å². The van der Waals surface area contributed by atoms with Gasteiger partial charge in [0.25, 0.3) is 0 Å². The maximum atomic E-state index is 9.80. The molecule has 1 saturated heterocycles. The maximum Gasteiger partial charge on any atom is 0.142 e. The van der Waals surface area contributed by atoms with Crippen molar-refractivity contribution < 1.29 is 19.7 Å². The van der Waals surface area contributed by atoms with Crippen molar-refractivity contribution in [1.82, 2.24) is 25.0 Å². The lowest BCUT2D eigenvalue weighted by Gasteiger charge is -2.17. The first-order valence-corrected chi connectivity index (χ1v) is 18.0. The molecule has 1 aliphatic heterocycles. The van der Waals surface area contributed by atoms with Crippen molar-refractivity contribution in [2.24, 2.45) is 0 Å². The Bertz CT molecular complexity index is 1960. The van der Waals surface area contributed by atoms with E-state index in [2.05, 4.69) is 66.1 Å². The number of halogens is 2. The van der Waals surface area contributed by atoms with E-state index in [0.717, 1.165) is 88.6 Å². The number of β-amino-alcohol motifs (C(OH)–C–C–N with tert-alkyl or cyclic N) is 1. The number of nitrogens with zero attached hydrogens (tertiary/aromatic N) is 5. The molecule has 1 fully saturated rings. The van der Waals surface area contributed by atoms with Gasteiger partial charge in [0.05, 0.1) is 35.0 Å². The van der Waals surface area contributed by atoms with Crippen LogP contribution in [0.15, 0.2) is 77.7 Å². The summed E-state index contributed by atoms with van der Waals surface area (Å²) in [6, 6.07) is 19.9. The molecule has 260 valence electrons. The Kier molecular flexibility index (Phi) is 12.4. The lowest BCUT2D eigenvalue weighted by molar-refractivity contribution is 0.175. The van der Waals surface area contributed by atoms with Gasteiger partial charge in [-0.25, -0.2) is 0 Å². The summed E-state index contributed by atoms with van der Waals surface area (Å²) in [5, 5.41) is 37.7. The van der Waals surface area contributed by atoms with E-state index in [0.29, 0.717) is 35.2 Å². The lowest BCUT2D eigenvalue weighted by atomic mass is 10.00. The second kappa shape index (κ2) is 17.3. The molecule has 0 saturated carbocycles. The number of hydrogen-bond donors (Lipinski definition) is 3. The van der Waals surface area contributed by atoms with Crippen molar-refractivity contribution in [2.75, 3.05) is 32.8 Å². The number of hydrogen-bond acceptors (Lipinski definition) is 9. The van der Waals surface area contributed by atoms with Crippen LogP contribution in [0.5, 0.6) is 11.5 Å². The second-order valence-corrected chi connectivity index (χ2v) is 13.6. The Morgan fingerprint density at radius 1 is 0.980 bits per heavy atom. The van der Waals surface area contributed by atoms with Crippen LogP contribution in [0.1, 0.15) is 41.5 Å². The molecule has 0 radical (unpaired) electrons. The van der Waals surface area contributed by atoms with E-state index in [1.807, 2.05) is 18.3 Å². The highest BCUT2D eigenvalue weighted by Crippen LogP contribution is 2.38. The van der Waals surface area contributed by atoms with Gasteiger partial charge < -0.3 is 29.9 Å². The number of rotatable bonds is 16. The van der Waals surface area contributed by atoms with E-state index in [1.54, 1.807) is 24.4 Å². The van der Waals surface area contributed by atoms with E-state index in [1.165, 1.54) is 6.20 Å². The van der Waals surface area contributed by atoms with Crippen molar-refractivity contribution in [3.63, 3.8) is 0 Å². The number of ether oxygens (including phenoxy) is 2. The van der Waals surface area contributed by atoms with Gasteiger partial charge >= 0.3 is 0 Å². The number of unbranched alkanes of at least 4 members (excludes halogenated alkanes) is 1. The van der Waals surface area contributed by atoms with Crippen molar-refractivity contribution in [1.29, 1.82) is 5.26 Å². The van der Waals surface area contributed by atoms with E-state index in [9.17, 15) is 15.5 Å². The van der Waals surface area contributed by atoms with Crippen molar-refractivity contribution in [3.05, 3.63) is 105 Å². The van der Waals surface area contributed by atoms with Crippen molar-refractivity contribution in [3.8, 4) is 28.7 Å². The fourth-order valence-corrected chi connectivity index (χ4v) is 7.07. The average Bonchev–Trinajstić information content (AvgIpc) is 3.75. The van der Waals surface area contributed by atoms with Crippen molar-refractivity contribution >= 4 is 38.4 Å². The Morgan fingerprint density at radius 2 is 1.80 bits per heavy atom. The normalized spacial score (nSPS) is 14.7. The number of aryl methyl sites for hydroxylation is 1. The van der Waals surface area contributed by atoms with E-state index < -0.39 is 0 Å². The number of aliphatic hydroxyl groups is 2. The van der Waals surface area contributed by atoms with Gasteiger partial charge in [-0.05, 0) is 71.1 Å². The number of fused-ring (bicyclic) bond motifs is 1.